The Balaban J connectivity index is 0.00000300. The molecule has 0 radical (unpaired) electrons. The third-order valence-corrected chi connectivity index (χ3v) is 6.93. The molecule has 0 amide bonds. The van der Waals surface area contributed by atoms with E-state index in [1.54, 1.807) is 0 Å². The van der Waals surface area contributed by atoms with Gasteiger partial charge in [-0.2, -0.15) is 0 Å². The Labute approximate surface area is 190 Å². The smallest absolute Gasteiger partial charge is 0.240 e. The lowest BCUT2D eigenvalue weighted by atomic mass is 10.00. The summed E-state index contributed by atoms with van der Waals surface area (Å²) in [6.07, 6.45) is 5.19. The van der Waals surface area contributed by atoms with Crippen molar-refractivity contribution in [3.8, 4) is 0 Å². The molecule has 0 saturated heterocycles. The van der Waals surface area contributed by atoms with Gasteiger partial charge in [-0.3, -0.25) is 4.90 Å². The molecule has 8 heteroatoms. The van der Waals surface area contributed by atoms with Gasteiger partial charge < -0.3 is 0 Å². The second kappa shape index (κ2) is 11.5. The Morgan fingerprint density at radius 1 is 0.931 bits per heavy atom. The van der Waals surface area contributed by atoms with Crippen molar-refractivity contribution in [2.24, 2.45) is 0 Å². The van der Waals surface area contributed by atoms with Gasteiger partial charge in [0.2, 0.25) is 10.0 Å². The first-order chi connectivity index (χ1) is 13.4. The van der Waals surface area contributed by atoms with Crippen molar-refractivity contribution in [3.05, 3.63) is 63.6 Å². The van der Waals surface area contributed by atoms with Gasteiger partial charge in [0.1, 0.15) is 0 Å². The zero-order valence-electron chi connectivity index (χ0n) is 16.2. The predicted molar refractivity (Wildman–Crippen MR) is 123 cm³/mol. The molecule has 1 aliphatic rings. The third-order valence-electron chi connectivity index (χ3n) is 5.05. The highest BCUT2D eigenvalue weighted by atomic mass is 35.5. The van der Waals surface area contributed by atoms with Gasteiger partial charge in [0.05, 0.1) is 4.90 Å². The second-order valence-electron chi connectivity index (χ2n) is 7.21. The van der Waals surface area contributed by atoms with Crippen LogP contribution in [0.15, 0.2) is 47.4 Å². The number of benzene rings is 2. The van der Waals surface area contributed by atoms with E-state index in [9.17, 15) is 8.42 Å². The molecule has 1 N–H and O–H groups in total. The highest BCUT2D eigenvalue weighted by molar-refractivity contribution is 7.89. The summed E-state index contributed by atoms with van der Waals surface area (Å²) in [4.78, 5) is 2.61. The minimum atomic E-state index is -3.57. The molecule has 1 aliphatic heterocycles. The van der Waals surface area contributed by atoms with E-state index in [4.69, 9.17) is 23.2 Å². The van der Waals surface area contributed by atoms with E-state index in [2.05, 4.69) is 33.9 Å². The summed E-state index contributed by atoms with van der Waals surface area (Å²) in [5, 5.41) is 0.626. The molecule has 0 aromatic heterocycles. The summed E-state index contributed by atoms with van der Waals surface area (Å²) in [5.74, 6) is 0. The highest BCUT2D eigenvalue weighted by Crippen LogP contribution is 2.22. The molecule has 3 rings (SSSR count). The third kappa shape index (κ3) is 7.42. The highest BCUT2D eigenvalue weighted by Gasteiger charge is 2.16. The van der Waals surface area contributed by atoms with E-state index in [1.807, 2.05) is 0 Å². The van der Waals surface area contributed by atoms with Crippen LogP contribution in [0.3, 0.4) is 0 Å². The van der Waals surface area contributed by atoms with E-state index in [1.165, 1.54) is 29.3 Å². The topological polar surface area (TPSA) is 49.4 Å². The maximum atomic E-state index is 12.3. The number of hydrogen-bond donors (Lipinski definition) is 1. The van der Waals surface area contributed by atoms with Gasteiger partial charge in [0.15, 0.2) is 0 Å². The van der Waals surface area contributed by atoms with Gasteiger partial charge in [-0.05, 0) is 55.1 Å². The summed E-state index contributed by atoms with van der Waals surface area (Å²) in [7, 11) is -3.57. The van der Waals surface area contributed by atoms with E-state index < -0.39 is 10.0 Å². The fourth-order valence-electron chi connectivity index (χ4n) is 3.53. The maximum absolute atomic E-state index is 12.3. The van der Waals surface area contributed by atoms with Crippen LogP contribution in [-0.4, -0.2) is 33.0 Å². The molecule has 2 aromatic carbocycles. The molecular weight excluding hydrogens is 451 g/mol. The van der Waals surface area contributed by atoms with Gasteiger partial charge in [0, 0.05) is 29.7 Å². The lowest BCUT2D eigenvalue weighted by Gasteiger charge is -2.28. The molecule has 1 heterocycles. The van der Waals surface area contributed by atoms with Crippen LogP contribution in [0.5, 0.6) is 0 Å². The molecule has 0 aliphatic carbocycles. The Morgan fingerprint density at radius 3 is 2.31 bits per heavy atom. The second-order valence-corrected chi connectivity index (χ2v) is 9.85. The van der Waals surface area contributed by atoms with Crippen molar-refractivity contribution in [2.75, 3.05) is 19.6 Å². The number of nitrogens with one attached hydrogen (secondary N) is 1. The molecule has 0 unspecified atom stereocenters. The van der Waals surface area contributed by atoms with E-state index in [0.29, 0.717) is 16.6 Å². The molecule has 0 fully saturated rings. The van der Waals surface area contributed by atoms with E-state index in [-0.39, 0.29) is 17.3 Å². The van der Waals surface area contributed by atoms with Gasteiger partial charge in [-0.1, -0.05) is 60.3 Å². The van der Waals surface area contributed by atoms with Crippen molar-refractivity contribution in [1.82, 2.24) is 9.62 Å². The van der Waals surface area contributed by atoms with Crippen LogP contribution in [0.25, 0.3) is 0 Å². The van der Waals surface area contributed by atoms with E-state index in [0.717, 1.165) is 51.7 Å². The van der Waals surface area contributed by atoms with Crippen molar-refractivity contribution in [1.29, 1.82) is 0 Å². The van der Waals surface area contributed by atoms with Gasteiger partial charge in [0.25, 0.3) is 0 Å². The molecule has 0 saturated carbocycles. The summed E-state index contributed by atoms with van der Waals surface area (Å²) in [5.41, 5.74) is 2.93. The number of unbranched alkanes of at least 4 members (excludes halogenated alkanes) is 3. The van der Waals surface area contributed by atoms with Crippen molar-refractivity contribution in [3.63, 3.8) is 0 Å². The summed E-state index contributed by atoms with van der Waals surface area (Å²) >= 11 is 11.8. The fourth-order valence-corrected chi connectivity index (χ4v) is 5.33. The maximum Gasteiger partial charge on any atom is 0.240 e. The Bertz CT molecular complexity index is 886. The largest absolute Gasteiger partial charge is 0.299 e. The van der Waals surface area contributed by atoms with Crippen molar-refractivity contribution in [2.45, 2.75) is 43.5 Å². The van der Waals surface area contributed by atoms with Gasteiger partial charge in [-0.15, -0.1) is 12.4 Å². The molecule has 160 valence electrons. The predicted octanol–water partition coefficient (Wildman–Crippen LogP) is 5.31. The number of nitrogens with zero attached hydrogens (tertiary/aromatic N) is 1. The van der Waals surface area contributed by atoms with Crippen molar-refractivity contribution >= 4 is 45.6 Å². The Kier molecular flexibility index (Phi) is 9.73. The molecule has 0 atom stereocenters. The number of fused-ring (bicyclic) bond motifs is 1. The van der Waals surface area contributed by atoms with Crippen LogP contribution >= 0.6 is 35.6 Å². The molecule has 4 nitrogen and oxygen atoms in total. The standard InChI is InChI=1S/C21H26Cl2N2O2S.ClH/c22-19-13-20(23)15-21(14-19)28(26,27)24-10-5-1-2-6-11-25-12-9-17-7-3-4-8-18(17)16-25;/h3-4,7-8,13-15,24H,1-2,5-6,9-12,16H2;1H. The average Bonchev–Trinajstić information content (AvgIpc) is 2.66. The summed E-state index contributed by atoms with van der Waals surface area (Å²) < 4.78 is 27.2. The van der Waals surface area contributed by atoms with Crippen LogP contribution in [0, 0.1) is 0 Å². The minimum absolute atomic E-state index is 0. The zero-order chi connectivity index (χ0) is 20.0. The van der Waals surface area contributed by atoms with Crippen molar-refractivity contribution < 1.29 is 8.42 Å². The summed E-state index contributed by atoms with van der Waals surface area (Å²) in [6.45, 7) is 3.68. The quantitative estimate of drug-likeness (QED) is 0.498. The lowest BCUT2D eigenvalue weighted by molar-refractivity contribution is 0.248. The van der Waals surface area contributed by atoms with Gasteiger partial charge >= 0.3 is 0 Å². The first-order valence-electron chi connectivity index (χ1n) is 9.69. The van der Waals surface area contributed by atoms with Crippen LogP contribution in [-0.2, 0) is 23.0 Å². The first-order valence-corrected chi connectivity index (χ1v) is 11.9. The zero-order valence-corrected chi connectivity index (χ0v) is 19.4. The molecule has 29 heavy (non-hydrogen) atoms. The van der Waals surface area contributed by atoms with Crippen LogP contribution in [0.4, 0.5) is 0 Å². The molecular formula is C21H27Cl3N2O2S. The number of hydrogen-bond acceptors (Lipinski definition) is 3. The molecule has 0 bridgehead atoms. The van der Waals surface area contributed by atoms with Crippen LogP contribution < -0.4 is 4.72 Å². The average molecular weight is 478 g/mol. The lowest BCUT2D eigenvalue weighted by Crippen LogP contribution is -2.31. The fraction of sp³-hybridized carbons (Fsp3) is 0.429. The Hall–Kier alpha value is -0.820. The monoisotopic (exact) mass is 476 g/mol. The van der Waals surface area contributed by atoms with Gasteiger partial charge in [-0.25, -0.2) is 13.1 Å². The molecule has 2 aromatic rings. The first kappa shape index (κ1) is 24.4. The summed E-state index contributed by atoms with van der Waals surface area (Å²) in [6, 6.07) is 13.0. The SMILES string of the molecule is Cl.O=S(=O)(NCCCCCCN1CCc2ccccc2C1)c1cc(Cl)cc(Cl)c1. The number of sulfonamides is 1. The number of rotatable bonds is 9. The normalized spacial score (nSPS) is 14.3. The van der Waals surface area contributed by atoms with Crippen LogP contribution in [0.2, 0.25) is 10.0 Å². The number of halogens is 3. The van der Waals surface area contributed by atoms with Crippen LogP contribution in [0.1, 0.15) is 36.8 Å². The van der Waals surface area contributed by atoms with E-state index >= 15 is 0 Å². The minimum Gasteiger partial charge on any atom is -0.299 e. The molecule has 0 spiro atoms. The Morgan fingerprint density at radius 2 is 1.59 bits per heavy atom.